The third-order valence-electron chi connectivity index (χ3n) is 5.09. The molecule has 32 heavy (non-hydrogen) atoms. The largest absolute Gasteiger partial charge is 0.444 e. The van der Waals surface area contributed by atoms with Crippen LogP contribution in [0.15, 0.2) is 91.3 Å². The summed E-state index contributed by atoms with van der Waals surface area (Å²) in [7, 11) is 0. The molecule has 1 amide bonds. The fourth-order valence-electron chi connectivity index (χ4n) is 3.32. The van der Waals surface area contributed by atoms with E-state index >= 15 is 0 Å². The molecule has 0 radical (unpaired) electrons. The fourth-order valence-corrected chi connectivity index (χ4v) is 3.32. The monoisotopic (exact) mass is 425 g/mol. The van der Waals surface area contributed by atoms with E-state index in [9.17, 15) is 9.59 Å². The van der Waals surface area contributed by atoms with E-state index in [0.717, 1.165) is 16.8 Å². The van der Waals surface area contributed by atoms with Crippen molar-refractivity contribution in [1.29, 1.82) is 0 Å². The average Bonchev–Trinajstić information content (AvgIpc) is 3.35. The minimum Gasteiger partial charge on any atom is -0.444 e. The van der Waals surface area contributed by atoms with Gasteiger partial charge in [-0.15, -0.1) is 0 Å². The van der Waals surface area contributed by atoms with Gasteiger partial charge in [0.05, 0.1) is 11.3 Å². The lowest BCUT2D eigenvalue weighted by Crippen LogP contribution is -2.26. The van der Waals surface area contributed by atoms with Gasteiger partial charge in [0.25, 0.3) is 5.91 Å². The van der Waals surface area contributed by atoms with Crippen LogP contribution in [0.1, 0.15) is 33.2 Å². The molecule has 0 saturated heterocycles. The third-order valence-corrected chi connectivity index (χ3v) is 5.09. The number of carbonyl (C=O) groups excluding carboxylic acids is 2. The van der Waals surface area contributed by atoms with Gasteiger partial charge in [0.2, 0.25) is 6.10 Å². The molecule has 0 spiro atoms. The minimum atomic E-state index is -1.09. The summed E-state index contributed by atoms with van der Waals surface area (Å²) in [6.45, 7) is 3.87. The van der Waals surface area contributed by atoms with Crippen molar-refractivity contribution in [2.75, 3.05) is 5.32 Å². The molecule has 4 rings (SSSR count). The highest BCUT2D eigenvalue weighted by atomic mass is 16.5. The highest BCUT2D eigenvalue weighted by Crippen LogP contribution is 2.24. The lowest BCUT2D eigenvalue weighted by molar-refractivity contribution is -0.125. The summed E-state index contributed by atoms with van der Waals surface area (Å²) in [4.78, 5) is 26.0. The topological polar surface area (TPSA) is 73.2 Å². The molecule has 0 aliphatic heterocycles. The van der Waals surface area contributed by atoms with Gasteiger partial charge >= 0.3 is 5.97 Å². The maximum absolute atomic E-state index is 13.2. The van der Waals surface area contributed by atoms with Gasteiger partial charge in [0.15, 0.2) is 0 Å². The van der Waals surface area contributed by atoms with E-state index in [1.807, 2.05) is 50.4 Å². The second-order valence-electron chi connectivity index (χ2n) is 7.50. The van der Waals surface area contributed by atoms with E-state index in [1.165, 1.54) is 0 Å². The molecule has 3 aromatic carbocycles. The Morgan fingerprint density at radius 3 is 2.38 bits per heavy atom. The molecule has 1 unspecified atom stereocenters. The maximum atomic E-state index is 13.2. The Labute approximate surface area is 186 Å². The SMILES string of the molecule is Cc1ccc(C)c(NC(=O)C(OC(=O)c2ccc(-n3cccn3)cc2)c2ccccc2)c1. The molecule has 1 heterocycles. The van der Waals surface area contributed by atoms with E-state index in [-0.39, 0.29) is 0 Å². The molecule has 0 aliphatic rings. The zero-order valence-corrected chi connectivity index (χ0v) is 17.9. The molecule has 1 N–H and O–H groups in total. The predicted octanol–water partition coefficient (Wildman–Crippen LogP) is 5.03. The standard InChI is InChI=1S/C26H23N3O3/c1-18-9-10-19(2)23(17-18)28-25(30)24(20-7-4-3-5-8-20)32-26(31)21-11-13-22(14-12-21)29-16-6-15-27-29/h3-17,24H,1-2H3,(H,28,30). The van der Waals surface area contributed by atoms with Gasteiger partial charge in [0, 0.05) is 23.6 Å². The first-order chi connectivity index (χ1) is 15.5. The molecule has 0 aliphatic carbocycles. The Morgan fingerprint density at radius 1 is 0.938 bits per heavy atom. The number of benzene rings is 3. The van der Waals surface area contributed by atoms with E-state index < -0.39 is 18.0 Å². The number of amides is 1. The average molecular weight is 425 g/mol. The summed E-state index contributed by atoms with van der Waals surface area (Å²) < 4.78 is 7.38. The molecule has 6 nitrogen and oxygen atoms in total. The number of carbonyl (C=O) groups is 2. The van der Waals surface area contributed by atoms with Gasteiger partial charge in [-0.1, -0.05) is 42.5 Å². The van der Waals surface area contributed by atoms with Crippen molar-refractivity contribution in [2.45, 2.75) is 20.0 Å². The minimum absolute atomic E-state index is 0.348. The lowest BCUT2D eigenvalue weighted by Gasteiger charge is -2.19. The number of nitrogens with one attached hydrogen (secondary N) is 1. The molecule has 1 atom stereocenters. The van der Waals surface area contributed by atoms with Crippen molar-refractivity contribution in [3.8, 4) is 5.69 Å². The first kappa shape index (κ1) is 21.1. The van der Waals surface area contributed by atoms with Crippen molar-refractivity contribution in [2.24, 2.45) is 0 Å². The summed E-state index contributed by atoms with van der Waals surface area (Å²) >= 11 is 0. The van der Waals surface area contributed by atoms with Crippen LogP contribution in [0, 0.1) is 13.8 Å². The first-order valence-electron chi connectivity index (χ1n) is 10.3. The lowest BCUT2D eigenvalue weighted by atomic mass is 10.1. The Bertz CT molecular complexity index is 1220. The third kappa shape index (κ3) is 4.75. The Hall–Kier alpha value is -4.19. The summed E-state index contributed by atoms with van der Waals surface area (Å²) in [6, 6.07) is 23.5. The molecule has 0 bridgehead atoms. The number of aryl methyl sites for hydroxylation is 2. The van der Waals surface area contributed by atoms with Gasteiger partial charge in [0.1, 0.15) is 0 Å². The molecule has 1 aromatic heterocycles. The molecular weight excluding hydrogens is 402 g/mol. The van der Waals surface area contributed by atoms with Gasteiger partial charge in [-0.25, -0.2) is 9.48 Å². The number of rotatable bonds is 6. The van der Waals surface area contributed by atoms with Crippen LogP contribution >= 0.6 is 0 Å². The number of hydrogen-bond acceptors (Lipinski definition) is 4. The smallest absolute Gasteiger partial charge is 0.339 e. The van der Waals surface area contributed by atoms with Gasteiger partial charge < -0.3 is 10.1 Å². The van der Waals surface area contributed by atoms with Crippen LogP contribution in [-0.2, 0) is 9.53 Å². The van der Waals surface area contributed by atoms with Crippen LogP contribution < -0.4 is 5.32 Å². The summed E-state index contributed by atoms with van der Waals surface area (Å²) in [5, 5.41) is 7.08. The first-order valence-corrected chi connectivity index (χ1v) is 10.3. The van der Waals surface area contributed by atoms with Crippen molar-refractivity contribution in [3.63, 3.8) is 0 Å². The second-order valence-corrected chi connectivity index (χ2v) is 7.50. The van der Waals surface area contributed by atoms with Crippen LogP contribution in [0.3, 0.4) is 0 Å². The molecule has 0 fully saturated rings. The number of hydrogen-bond donors (Lipinski definition) is 1. The van der Waals surface area contributed by atoms with Crippen LogP contribution in [0.25, 0.3) is 5.69 Å². The van der Waals surface area contributed by atoms with Gasteiger partial charge in [-0.05, 0) is 61.4 Å². The number of nitrogens with zero attached hydrogens (tertiary/aromatic N) is 2. The second kappa shape index (κ2) is 9.31. The normalized spacial score (nSPS) is 11.6. The quantitative estimate of drug-likeness (QED) is 0.440. The van der Waals surface area contributed by atoms with Crippen molar-refractivity contribution in [1.82, 2.24) is 9.78 Å². The van der Waals surface area contributed by atoms with Crippen LogP contribution in [-0.4, -0.2) is 21.7 Å². The Balaban J connectivity index is 1.56. The van der Waals surface area contributed by atoms with E-state index in [2.05, 4.69) is 10.4 Å². The van der Waals surface area contributed by atoms with E-state index in [4.69, 9.17) is 4.74 Å². The van der Waals surface area contributed by atoms with Gasteiger partial charge in [-0.2, -0.15) is 5.10 Å². The number of esters is 1. The summed E-state index contributed by atoms with van der Waals surface area (Å²) in [5.74, 6) is -0.992. The Morgan fingerprint density at radius 2 is 1.69 bits per heavy atom. The molecule has 6 heteroatoms. The summed E-state index contributed by atoms with van der Waals surface area (Å²) in [5.41, 5.74) is 4.40. The molecule has 160 valence electrons. The van der Waals surface area contributed by atoms with E-state index in [0.29, 0.717) is 16.8 Å². The molecule has 0 saturated carbocycles. The highest BCUT2D eigenvalue weighted by Gasteiger charge is 2.26. The highest BCUT2D eigenvalue weighted by molar-refractivity contribution is 5.98. The number of ether oxygens (including phenoxy) is 1. The number of aromatic nitrogens is 2. The zero-order valence-electron chi connectivity index (χ0n) is 17.9. The molecule has 4 aromatic rings. The fraction of sp³-hybridized carbons (Fsp3) is 0.115. The van der Waals surface area contributed by atoms with Crippen LogP contribution in [0.4, 0.5) is 5.69 Å². The van der Waals surface area contributed by atoms with Crippen molar-refractivity contribution in [3.05, 3.63) is 114 Å². The van der Waals surface area contributed by atoms with E-state index in [1.54, 1.807) is 59.4 Å². The number of anilines is 1. The van der Waals surface area contributed by atoms with Gasteiger partial charge in [-0.3, -0.25) is 4.79 Å². The van der Waals surface area contributed by atoms with Crippen LogP contribution in [0.2, 0.25) is 0 Å². The Kier molecular flexibility index (Phi) is 6.12. The predicted molar refractivity (Wildman–Crippen MR) is 123 cm³/mol. The summed E-state index contributed by atoms with van der Waals surface area (Å²) in [6.07, 6.45) is 2.41. The van der Waals surface area contributed by atoms with Crippen molar-refractivity contribution < 1.29 is 14.3 Å². The van der Waals surface area contributed by atoms with Crippen LogP contribution in [0.5, 0.6) is 0 Å². The molecular formula is C26H23N3O3. The zero-order chi connectivity index (χ0) is 22.5. The maximum Gasteiger partial charge on any atom is 0.339 e. The van der Waals surface area contributed by atoms with Crippen molar-refractivity contribution >= 4 is 17.6 Å².